The molecule has 0 saturated carbocycles. The van der Waals surface area contributed by atoms with Crippen LogP contribution in [0.5, 0.6) is 5.75 Å². The number of aliphatic hydroxyl groups is 1. The van der Waals surface area contributed by atoms with Crippen molar-refractivity contribution >= 4 is 29.1 Å². The minimum atomic E-state index is -0.870. The van der Waals surface area contributed by atoms with E-state index in [0.717, 1.165) is 11.1 Å². The van der Waals surface area contributed by atoms with Gasteiger partial charge in [0.25, 0.3) is 11.7 Å². The molecule has 4 rings (SSSR count). The van der Waals surface area contributed by atoms with Crippen molar-refractivity contribution in [2.75, 3.05) is 4.90 Å². The van der Waals surface area contributed by atoms with Crippen LogP contribution in [0.25, 0.3) is 5.76 Å². The van der Waals surface area contributed by atoms with Crippen molar-refractivity contribution in [3.05, 3.63) is 94.8 Å². The minimum absolute atomic E-state index is 0.0226. The number of benzene rings is 2. The summed E-state index contributed by atoms with van der Waals surface area (Å²) in [5.74, 6) is -1.91. The van der Waals surface area contributed by atoms with Crippen molar-refractivity contribution in [1.29, 1.82) is 0 Å². The normalized spacial score (nSPS) is 17.3. The van der Waals surface area contributed by atoms with Gasteiger partial charge in [0.1, 0.15) is 11.5 Å². The quantitative estimate of drug-likeness (QED) is 0.213. The molecule has 1 atom stereocenters. The predicted octanol–water partition coefficient (Wildman–Crippen LogP) is 4.25. The van der Waals surface area contributed by atoms with Gasteiger partial charge in [-0.1, -0.05) is 18.2 Å². The number of ketones is 1. The summed E-state index contributed by atoms with van der Waals surface area (Å²) < 4.78 is 5.11. The van der Waals surface area contributed by atoms with E-state index in [1.54, 1.807) is 36.4 Å². The summed E-state index contributed by atoms with van der Waals surface area (Å²) >= 11 is 0. The smallest absolute Gasteiger partial charge is 0.308 e. The Morgan fingerprint density at radius 1 is 0.970 bits per heavy atom. The van der Waals surface area contributed by atoms with Gasteiger partial charge in [-0.25, -0.2) is 0 Å². The number of carbonyl (C=O) groups is 3. The second-order valence-electron chi connectivity index (χ2n) is 7.91. The van der Waals surface area contributed by atoms with Gasteiger partial charge in [0.05, 0.1) is 11.6 Å². The molecule has 166 valence electrons. The molecule has 1 N–H and O–H groups in total. The SMILES string of the molecule is CC(=O)Oc1ccc(C2/C(=C(\O)c3ccncc3)C(=O)C(=O)N2c2cc(C)cc(C)c2)cc1. The fourth-order valence-electron chi connectivity index (χ4n) is 4.05. The lowest BCUT2D eigenvalue weighted by Crippen LogP contribution is -2.29. The van der Waals surface area contributed by atoms with Gasteiger partial charge < -0.3 is 9.84 Å². The van der Waals surface area contributed by atoms with Gasteiger partial charge in [0.2, 0.25) is 0 Å². The Morgan fingerprint density at radius 2 is 1.58 bits per heavy atom. The van der Waals surface area contributed by atoms with E-state index in [2.05, 4.69) is 4.98 Å². The molecule has 1 aromatic heterocycles. The number of Topliss-reactive ketones (excluding diaryl/α,β-unsaturated/α-hetero) is 1. The van der Waals surface area contributed by atoms with E-state index in [1.165, 1.54) is 24.2 Å². The van der Waals surface area contributed by atoms with Crippen molar-refractivity contribution in [3.63, 3.8) is 0 Å². The van der Waals surface area contributed by atoms with Gasteiger partial charge in [0, 0.05) is 30.6 Å². The summed E-state index contributed by atoms with van der Waals surface area (Å²) in [7, 11) is 0. The number of aromatic nitrogens is 1. The number of hydrogen-bond donors (Lipinski definition) is 1. The molecule has 0 bridgehead atoms. The number of aryl methyl sites for hydroxylation is 2. The number of aliphatic hydroxyl groups excluding tert-OH is 1. The Hall–Kier alpha value is -4.26. The lowest BCUT2D eigenvalue weighted by Gasteiger charge is -2.26. The second-order valence-corrected chi connectivity index (χ2v) is 7.91. The van der Waals surface area contributed by atoms with Crippen molar-refractivity contribution in [3.8, 4) is 5.75 Å². The number of carbonyl (C=O) groups excluding carboxylic acids is 3. The molecular formula is C26H22N2O5. The first kappa shape index (κ1) is 22.0. The third-order valence-corrected chi connectivity index (χ3v) is 5.34. The standard InChI is InChI=1S/C26H22N2O5/c1-15-12-16(2)14-20(13-15)28-23(18-4-6-21(7-5-18)33-17(3)29)22(25(31)26(28)32)24(30)19-8-10-27-11-9-19/h4-14,23,30H,1-3H3/b24-22+. The Kier molecular flexibility index (Phi) is 5.79. The lowest BCUT2D eigenvalue weighted by atomic mass is 9.95. The predicted molar refractivity (Wildman–Crippen MR) is 123 cm³/mol. The number of pyridine rings is 1. The van der Waals surface area contributed by atoms with Crippen molar-refractivity contribution < 1.29 is 24.2 Å². The number of rotatable bonds is 4. The Morgan fingerprint density at radius 3 is 2.15 bits per heavy atom. The first-order chi connectivity index (χ1) is 15.8. The van der Waals surface area contributed by atoms with E-state index < -0.39 is 23.7 Å². The van der Waals surface area contributed by atoms with Crippen LogP contribution in [0.3, 0.4) is 0 Å². The Labute approximate surface area is 191 Å². The molecule has 1 fully saturated rings. The van der Waals surface area contributed by atoms with E-state index in [0.29, 0.717) is 22.6 Å². The first-order valence-corrected chi connectivity index (χ1v) is 10.3. The molecular weight excluding hydrogens is 420 g/mol. The maximum Gasteiger partial charge on any atom is 0.308 e. The molecule has 2 heterocycles. The van der Waals surface area contributed by atoms with Crippen LogP contribution in [0.1, 0.15) is 35.2 Å². The summed E-state index contributed by atoms with van der Waals surface area (Å²) in [6.07, 6.45) is 3.00. The molecule has 1 aliphatic heterocycles. The third kappa shape index (κ3) is 4.25. The van der Waals surface area contributed by atoms with Crippen LogP contribution in [0.4, 0.5) is 5.69 Å². The number of nitrogens with zero attached hydrogens (tertiary/aromatic N) is 2. The molecule has 0 spiro atoms. The van der Waals surface area contributed by atoms with Gasteiger partial charge in [-0.2, -0.15) is 0 Å². The van der Waals surface area contributed by atoms with Gasteiger partial charge in [0.15, 0.2) is 0 Å². The molecule has 7 heteroatoms. The van der Waals surface area contributed by atoms with Crippen LogP contribution in [0, 0.1) is 13.8 Å². The fraction of sp³-hybridized carbons (Fsp3) is 0.154. The summed E-state index contributed by atoms with van der Waals surface area (Å²) in [5, 5.41) is 11.1. The molecule has 1 saturated heterocycles. The molecule has 3 aromatic rings. The molecule has 2 aromatic carbocycles. The second kappa shape index (κ2) is 8.70. The van der Waals surface area contributed by atoms with Crippen molar-refractivity contribution in [2.24, 2.45) is 0 Å². The molecule has 7 nitrogen and oxygen atoms in total. The highest BCUT2D eigenvalue weighted by Crippen LogP contribution is 2.42. The summed E-state index contributed by atoms with van der Waals surface area (Å²) in [5.41, 5.74) is 3.36. The maximum absolute atomic E-state index is 13.2. The molecule has 1 unspecified atom stereocenters. The number of amides is 1. The average molecular weight is 442 g/mol. The minimum Gasteiger partial charge on any atom is -0.507 e. The number of esters is 1. The van der Waals surface area contributed by atoms with Gasteiger partial charge in [-0.15, -0.1) is 0 Å². The van der Waals surface area contributed by atoms with Crippen molar-refractivity contribution in [2.45, 2.75) is 26.8 Å². The first-order valence-electron chi connectivity index (χ1n) is 10.3. The average Bonchev–Trinajstić information content (AvgIpc) is 3.04. The zero-order chi connectivity index (χ0) is 23.7. The van der Waals surface area contributed by atoms with Crippen LogP contribution in [-0.4, -0.2) is 27.8 Å². The lowest BCUT2D eigenvalue weighted by molar-refractivity contribution is -0.132. The van der Waals surface area contributed by atoms with E-state index >= 15 is 0 Å². The van der Waals surface area contributed by atoms with Gasteiger partial charge in [-0.3, -0.25) is 24.3 Å². The Bertz CT molecular complexity index is 1260. The van der Waals surface area contributed by atoms with E-state index in [1.807, 2.05) is 32.0 Å². The summed E-state index contributed by atoms with van der Waals surface area (Å²) in [6, 6.07) is 14.4. The van der Waals surface area contributed by atoms with Gasteiger partial charge in [-0.05, 0) is 66.9 Å². The topological polar surface area (TPSA) is 96.8 Å². The van der Waals surface area contributed by atoms with E-state index in [4.69, 9.17) is 4.74 Å². The summed E-state index contributed by atoms with van der Waals surface area (Å²) in [6.45, 7) is 5.12. The maximum atomic E-state index is 13.2. The van der Waals surface area contributed by atoms with Crippen LogP contribution in [0.15, 0.2) is 72.6 Å². The molecule has 0 radical (unpaired) electrons. The number of anilines is 1. The fourth-order valence-corrected chi connectivity index (χ4v) is 4.05. The highest BCUT2D eigenvalue weighted by atomic mass is 16.5. The van der Waals surface area contributed by atoms with Gasteiger partial charge >= 0.3 is 5.97 Å². The molecule has 0 aliphatic carbocycles. The largest absolute Gasteiger partial charge is 0.507 e. The third-order valence-electron chi connectivity index (χ3n) is 5.34. The highest BCUT2D eigenvalue weighted by molar-refractivity contribution is 6.51. The number of ether oxygens (including phenoxy) is 1. The van der Waals surface area contributed by atoms with Crippen LogP contribution >= 0.6 is 0 Å². The Balaban J connectivity index is 1.92. The number of hydrogen-bond acceptors (Lipinski definition) is 6. The van der Waals surface area contributed by atoms with E-state index in [9.17, 15) is 19.5 Å². The summed E-state index contributed by atoms with van der Waals surface area (Å²) in [4.78, 5) is 43.0. The highest BCUT2D eigenvalue weighted by Gasteiger charge is 2.47. The van der Waals surface area contributed by atoms with Crippen LogP contribution < -0.4 is 9.64 Å². The molecule has 1 amide bonds. The zero-order valence-corrected chi connectivity index (χ0v) is 18.4. The van der Waals surface area contributed by atoms with Crippen LogP contribution in [-0.2, 0) is 14.4 Å². The molecule has 1 aliphatic rings. The monoisotopic (exact) mass is 442 g/mol. The molecule has 33 heavy (non-hydrogen) atoms. The van der Waals surface area contributed by atoms with Crippen LogP contribution in [0.2, 0.25) is 0 Å². The zero-order valence-electron chi connectivity index (χ0n) is 18.4. The van der Waals surface area contributed by atoms with E-state index in [-0.39, 0.29) is 11.3 Å². The van der Waals surface area contributed by atoms with Crippen molar-refractivity contribution in [1.82, 2.24) is 4.98 Å².